The fourth-order valence-corrected chi connectivity index (χ4v) is 9.36. The van der Waals surface area contributed by atoms with Crippen molar-refractivity contribution in [3.8, 4) is 33.4 Å². The van der Waals surface area contributed by atoms with Crippen molar-refractivity contribution in [2.45, 2.75) is 22.3 Å². The Bertz CT molecular complexity index is 2460. The molecule has 236 valence electrons. The quantitative estimate of drug-likeness (QED) is 0.188. The van der Waals surface area contributed by atoms with Gasteiger partial charge in [0, 0.05) is 15.2 Å². The van der Waals surface area contributed by atoms with Crippen molar-refractivity contribution in [2.75, 3.05) is 4.90 Å². The third kappa shape index (κ3) is 4.14. The van der Waals surface area contributed by atoms with Crippen molar-refractivity contribution in [1.82, 2.24) is 4.98 Å². The summed E-state index contributed by atoms with van der Waals surface area (Å²) in [5.74, 6) is 0. The molecule has 10 rings (SSSR count). The van der Waals surface area contributed by atoms with Crippen LogP contribution in [0.5, 0.6) is 0 Å². The van der Waals surface area contributed by atoms with Crippen molar-refractivity contribution < 1.29 is 0 Å². The van der Waals surface area contributed by atoms with Gasteiger partial charge in [-0.1, -0.05) is 157 Å². The molecule has 0 unspecified atom stereocenters. The molecule has 8 aromatic rings. The molecule has 0 saturated carbocycles. The van der Waals surface area contributed by atoms with Crippen molar-refractivity contribution in [3.63, 3.8) is 0 Å². The number of rotatable bonds is 4. The Balaban J connectivity index is 1.43. The second kappa shape index (κ2) is 11.3. The second-order valence-electron chi connectivity index (χ2n) is 13.1. The molecule has 7 aromatic carbocycles. The Labute approximate surface area is 296 Å². The van der Waals surface area contributed by atoms with E-state index in [1.807, 2.05) is 11.8 Å². The molecule has 0 saturated heterocycles. The maximum Gasteiger partial charge on any atom is 0.139 e. The summed E-state index contributed by atoms with van der Waals surface area (Å²) in [5, 5.41) is 1.15. The zero-order chi connectivity index (χ0) is 33.2. The van der Waals surface area contributed by atoms with Crippen LogP contribution in [0.25, 0.3) is 44.3 Å². The van der Waals surface area contributed by atoms with E-state index < -0.39 is 5.54 Å². The van der Waals surface area contributed by atoms with Gasteiger partial charge >= 0.3 is 0 Å². The molecule has 0 radical (unpaired) electrons. The third-order valence-corrected chi connectivity index (χ3v) is 11.5. The minimum Gasteiger partial charge on any atom is -0.319 e. The maximum atomic E-state index is 5.70. The van der Waals surface area contributed by atoms with E-state index in [1.54, 1.807) is 0 Å². The van der Waals surface area contributed by atoms with Gasteiger partial charge in [-0.2, -0.15) is 0 Å². The summed E-state index contributed by atoms with van der Waals surface area (Å²) in [6, 6.07) is 64.2. The summed E-state index contributed by atoms with van der Waals surface area (Å²) in [6.45, 7) is 2.17. The number of para-hydroxylation sites is 3. The van der Waals surface area contributed by atoms with Gasteiger partial charge in [0.1, 0.15) is 5.54 Å². The fourth-order valence-electron chi connectivity index (χ4n) is 8.30. The van der Waals surface area contributed by atoms with Crippen LogP contribution in [-0.4, -0.2) is 4.98 Å². The Morgan fingerprint density at radius 1 is 0.480 bits per heavy atom. The number of aryl methyl sites for hydroxylation is 1. The summed E-state index contributed by atoms with van der Waals surface area (Å²) < 4.78 is 0. The van der Waals surface area contributed by atoms with Gasteiger partial charge in [-0.25, -0.2) is 4.98 Å². The predicted molar refractivity (Wildman–Crippen MR) is 208 cm³/mol. The highest BCUT2D eigenvalue weighted by atomic mass is 32.2. The van der Waals surface area contributed by atoms with Crippen molar-refractivity contribution in [2.24, 2.45) is 0 Å². The number of benzene rings is 7. The first kappa shape index (κ1) is 29.1. The van der Waals surface area contributed by atoms with Gasteiger partial charge in [0.2, 0.25) is 0 Å². The highest BCUT2D eigenvalue weighted by Crippen LogP contribution is 2.64. The van der Waals surface area contributed by atoms with E-state index in [0.29, 0.717) is 0 Å². The summed E-state index contributed by atoms with van der Waals surface area (Å²) in [5.41, 5.74) is 14.6. The van der Waals surface area contributed by atoms with E-state index in [0.717, 1.165) is 16.6 Å². The average Bonchev–Trinajstić information content (AvgIpc) is 3.49. The standard InChI is InChI=1S/C47H32N2S/c1-31-15-12-20-34-29-30-43(48-46(31)34)47(49-39-25-8-10-27-41(39)50-42-28-11-9-26-40(42)49)37-23-13-21-35(32-16-4-2-5-17-32)44(37)45-36(22-14-24-38(45)47)33-18-6-3-7-19-33/h2-30H,1H3. The first-order chi connectivity index (χ1) is 24.7. The Hall–Kier alpha value is -5.90. The molecule has 0 fully saturated rings. The zero-order valence-corrected chi connectivity index (χ0v) is 28.4. The fraction of sp³-hybridized carbons (Fsp3) is 0.0426. The molecule has 0 atom stereocenters. The molecule has 2 nitrogen and oxygen atoms in total. The van der Waals surface area contributed by atoms with Crippen LogP contribution in [0.4, 0.5) is 11.4 Å². The number of nitrogens with zero attached hydrogens (tertiary/aromatic N) is 2. The van der Waals surface area contributed by atoms with Gasteiger partial charge in [-0.05, 0) is 87.3 Å². The summed E-state index contributed by atoms with van der Waals surface area (Å²) in [6.07, 6.45) is 0. The van der Waals surface area contributed by atoms with Gasteiger partial charge < -0.3 is 4.90 Å². The summed E-state index contributed by atoms with van der Waals surface area (Å²) >= 11 is 1.84. The lowest BCUT2D eigenvalue weighted by Crippen LogP contribution is -2.46. The topological polar surface area (TPSA) is 16.1 Å². The molecule has 1 aromatic heterocycles. The molecule has 3 heteroatoms. The number of aromatic nitrogens is 1. The summed E-state index contributed by atoms with van der Waals surface area (Å²) in [7, 11) is 0. The van der Waals surface area contributed by atoms with Crippen LogP contribution in [0.15, 0.2) is 186 Å². The van der Waals surface area contributed by atoms with Crippen LogP contribution >= 0.6 is 11.8 Å². The van der Waals surface area contributed by atoms with Crippen LogP contribution in [-0.2, 0) is 5.54 Å². The molecular formula is C47H32N2S. The second-order valence-corrected chi connectivity index (χ2v) is 14.2. The summed E-state index contributed by atoms with van der Waals surface area (Å²) in [4.78, 5) is 10.8. The Morgan fingerprint density at radius 3 is 1.58 bits per heavy atom. The number of hydrogen-bond acceptors (Lipinski definition) is 3. The minimum absolute atomic E-state index is 0.802. The highest BCUT2D eigenvalue weighted by molar-refractivity contribution is 7.99. The van der Waals surface area contributed by atoms with Crippen LogP contribution in [0.1, 0.15) is 22.4 Å². The van der Waals surface area contributed by atoms with Crippen LogP contribution in [0, 0.1) is 6.92 Å². The third-order valence-electron chi connectivity index (χ3n) is 10.4. The molecule has 2 heterocycles. The molecule has 50 heavy (non-hydrogen) atoms. The largest absolute Gasteiger partial charge is 0.319 e. The monoisotopic (exact) mass is 656 g/mol. The van der Waals surface area contributed by atoms with E-state index in [2.05, 4.69) is 188 Å². The smallest absolute Gasteiger partial charge is 0.139 e. The van der Waals surface area contributed by atoms with Crippen LogP contribution < -0.4 is 4.90 Å². The first-order valence-corrected chi connectivity index (χ1v) is 18.0. The molecule has 1 aliphatic heterocycles. The molecule has 1 aliphatic carbocycles. The van der Waals surface area contributed by atoms with E-state index in [9.17, 15) is 0 Å². The molecule has 0 bridgehead atoms. The van der Waals surface area contributed by atoms with Crippen molar-refractivity contribution >= 4 is 34.0 Å². The Kier molecular flexibility index (Phi) is 6.59. The van der Waals surface area contributed by atoms with E-state index in [1.165, 1.54) is 71.2 Å². The first-order valence-electron chi connectivity index (χ1n) is 17.1. The average molecular weight is 657 g/mol. The van der Waals surface area contributed by atoms with Gasteiger partial charge in [-0.15, -0.1) is 0 Å². The van der Waals surface area contributed by atoms with E-state index in [-0.39, 0.29) is 0 Å². The minimum atomic E-state index is -0.802. The number of hydrogen-bond donors (Lipinski definition) is 0. The van der Waals surface area contributed by atoms with Crippen LogP contribution in [0.3, 0.4) is 0 Å². The molecule has 2 aliphatic rings. The van der Waals surface area contributed by atoms with Crippen molar-refractivity contribution in [3.05, 3.63) is 198 Å². The lowest BCUT2D eigenvalue weighted by Gasteiger charge is -2.47. The molecule has 0 spiro atoms. The lowest BCUT2D eigenvalue weighted by molar-refractivity contribution is 0.616. The van der Waals surface area contributed by atoms with Gasteiger partial charge in [0.05, 0.1) is 22.6 Å². The number of pyridine rings is 1. The highest BCUT2D eigenvalue weighted by Gasteiger charge is 2.54. The van der Waals surface area contributed by atoms with Gasteiger partial charge in [-0.3, -0.25) is 0 Å². The van der Waals surface area contributed by atoms with Crippen LogP contribution in [0.2, 0.25) is 0 Å². The maximum absolute atomic E-state index is 5.70. The molecular weight excluding hydrogens is 625 g/mol. The van der Waals surface area contributed by atoms with E-state index in [4.69, 9.17) is 4.98 Å². The SMILES string of the molecule is Cc1cccc2ccc(C3(N4c5ccccc5Sc5ccccc54)c4cccc(-c5ccccc5)c4-c4c(-c5ccccc5)cccc43)nc12. The number of anilines is 2. The molecule has 0 N–H and O–H groups in total. The van der Waals surface area contributed by atoms with Gasteiger partial charge in [0.25, 0.3) is 0 Å². The predicted octanol–water partition coefficient (Wildman–Crippen LogP) is 12.5. The lowest BCUT2D eigenvalue weighted by atomic mass is 9.79. The normalized spacial score (nSPS) is 13.7. The van der Waals surface area contributed by atoms with E-state index >= 15 is 0 Å². The zero-order valence-electron chi connectivity index (χ0n) is 27.5. The Morgan fingerprint density at radius 2 is 1.00 bits per heavy atom. The van der Waals surface area contributed by atoms with Gasteiger partial charge in [0.15, 0.2) is 0 Å². The molecule has 0 amide bonds. The van der Waals surface area contributed by atoms with Crippen molar-refractivity contribution in [1.29, 1.82) is 0 Å². The number of fused-ring (bicyclic) bond motifs is 6.